The summed E-state index contributed by atoms with van der Waals surface area (Å²) in [5, 5.41) is 9.45. The molecule has 1 N–H and O–H groups in total. The fourth-order valence-electron chi connectivity index (χ4n) is 1.52. The quantitative estimate of drug-likeness (QED) is 0.908. The van der Waals surface area contributed by atoms with E-state index in [2.05, 4.69) is 15.9 Å². The standard InChI is InChI=1S/C14H12BrFO2/c1-9(17)10-5-6-14(13(15)7-10)18-12-4-2-3-11(16)8-12/h2-9,17H,1H3. The van der Waals surface area contributed by atoms with Crippen LogP contribution in [0.3, 0.4) is 0 Å². The Hall–Kier alpha value is -1.39. The van der Waals surface area contributed by atoms with Gasteiger partial charge < -0.3 is 9.84 Å². The van der Waals surface area contributed by atoms with Crippen molar-refractivity contribution in [2.24, 2.45) is 0 Å². The smallest absolute Gasteiger partial charge is 0.141 e. The van der Waals surface area contributed by atoms with E-state index in [1.54, 1.807) is 37.3 Å². The van der Waals surface area contributed by atoms with Crippen LogP contribution in [0.5, 0.6) is 11.5 Å². The number of aliphatic hydroxyl groups is 1. The molecule has 94 valence electrons. The fourth-order valence-corrected chi connectivity index (χ4v) is 1.99. The van der Waals surface area contributed by atoms with Gasteiger partial charge in [-0.15, -0.1) is 0 Å². The molecule has 2 aromatic carbocycles. The van der Waals surface area contributed by atoms with Crippen LogP contribution in [0, 0.1) is 5.82 Å². The van der Waals surface area contributed by atoms with Crippen LogP contribution in [-0.4, -0.2) is 5.11 Å². The van der Waals surface area contributed by atoms with Crippen LogP contribution in [0.25, 0.3) is 0 Å². The molecule has 0 aliphatic rings. The minimum Gasteiger partial charge on any atom is -0.456 e. The minimum absolute atomic E-state index is 0.343. The van der Waals surface area contributed by atoms with Crippen molar-refractivity contribution in [1.82, 2.24) is 0 Å². The van der Waals surface area contributed by atoms with Gasteiger partial charge in [0.2, 0.25) is 0 Å². The first-order valence-corrected chi connectivity index (χ1v) is 6.26. The van der Waals surface area contributed by atoms with Gasteiger partial charge in [0.25, 0.3) is 0 Å². The zero-order valence-corrected chi connectivity index (χ0v) is 11.3. The van der Waals surface area contributed by atoms with Gasteiger partial charge in [0, 0.05) is 6.07 Å². The zero-order chi connectivity index (χ0) is 13.1. The number of rotatable bonds is 3. The topological polar surface area (TPSA) is 29.5 Å². The Bertz CT molecular complexity index is 555. The van der Waals surface area contributed by atoms with Crippen molar-refractivity contribution < 1.29 is 14.2 Å². The van der Waals surface area contributed by atoms with Crippen molar-refractivity contribution >= 4 is 15.9 Å². The highest BCUT2D eigenvalue weighted by Crippen LogP contribution is 2.32. The Morgan fingerprint density at radius 2 is 2.00 bits per heavy atom. The minimum atomic E-state index is -0.537. The first-order chi connectivity index (χ1) is 8.56. The molecule has 0 heterocycles. The number of ether oxygens (including phenoxy) is 1. The molecular weight excluding hydrogens is 299 g/mol. The van der Waals surface area contributed by atoms with E-state index in [1.807, 2.05) is 0 Å². The van der Waals surface area contributed by atoms with E-state index in [9.17, 15) is 9.50 Å². The molecule has 0 fully saturated rings. The molecule has 0 aliphatic heterocycles. The average Bonchev–Trinajstić information content (AvgIpc) is 2.31. The molecule has 0 spiro atoms. The lowest BCUT2D eigenvalue weighted by atomic mass is 10.1. The lowest BCUT2D eigenvalue weighted by Gasteiger charge is -2.10. The molecule has 0 saturated carbocycles. The second-order valence-electron chi connectivity index (χ2n) is 3.93. The summed E-state index contributed by atoms with van der Waals surface area (Å²) in [6, 6.07) is 11.2. The summed E-state index contributed by atoms with van der Waals surface area (Å²) in [6.45, 7) is 1.69. The monoisotopic (exact) mass is 310 g/mol. The van der Waals surface area contributed by atoms with E-state index in [0.29, 0.717) is 16.0 Å². The maximum atomic E-state index is 13.0. The fraction of sp³-hybridized carbons (Fsp3) is 0.143. The summed E-state index contributed by atoms with van der Waals surface area (Å²) in [5.74, 6) is 0.662. The maximum absolute atomic E-state index is 13.0. The molecule has 0 radical (unpaired) electrons. The van der Waals surface area contributed by atoms with Crippen LogP contribution in [0.2, 0.25) is 0 Å². The first-order valence-electron chi connectivity index (χ1n) is 5.47. The third kappa shape index (κ3) is 3.09. The second-order valence-corrected chi connectivity index (χ2v) is 4.78. The second kappa shape index (κ2) is 5.50. The maximum Gasteiger partial charge on any atom is 0.141 e. The third-order valence-corrected chi connectivity index (χ3v) is 3.08. The molecule has 2 aromatic rings. The molecule has 0 aliphatic carbocycles. The van der Waals surface area contributed by atoms with Crippen molar-refractivity contribution in [2.75, 3.05) is 0 Å². The van der Waals surface area contributed by atoms with Crippen LogP contribution in [0.15, 0.2) is 46.9 Å². The number of aliphatic hydroxyl groups excluding tert-OH is 1. The molecule has 0 aromatic heterocycles. The van der Waals surface area contributed by atoms with Crippen molar-refractivity contribution in [3.8, 4) is 11.5 Å². The predicted molar refractivity (Wildman–Crippen MR) is 71.2 cm³/mol. The Balaban J connectivity index is 2.24. The van der Waals surface area contributed by atoms with Crippen LogP contribution in [0.1, 0.15) is 18.6 Å². The zero-order valence-electron chi connectivity index (χ0n) is 9.73. The lowest BCUT2D eigenvalue weighted by molar-refractivity contribution is 0.199. The van der Waals surface area contributed by atoms with E-state index in [0.717, 1.165) is 5.56 Å². The molecule has 2 nitrogen and oxygen atoms in total. The number of hydrogen-bond donors (Lipinski definition) is 1. The molecule has 0 bridgehead atoms. The van der Waals surface area contributed by atoms with Crippen LogP contribution < -0.4 is 4.74 Å². The van der Waals surface area contributed by atoms with Gasteiger partial charge in [-0.25, -0.2) is 4.39 Å². The molecule has 1 atom stereocenters. The van der Waals surface area contributed by atoms with Gasteiger partial charge in [-0.1, -0.05) is 12.1 Å². The van der Waals surface area contributed by atoms with Crippen molar-refractivity contribution in [1.29, 1.82) is 0 Å². The normalized spacial score (nSPS) is 12.2. The predicted octanol–water partition coefficient (Wildman–Crippen LogP) is 4.43. The molecule has 1 unspecified atom stereocenters. The van der Waals surface area contributed by atoms with Gasteiger partial charge in [0.15, 0.2) is 0 Å². The highest BCUT2D eigenvalue weighted by molar-refractivity contribution is 9.10. The summed E-state index contributed by atoms with van der Waals surface area (Å²) in [6.07, 6.45) is -0.537. The molecule has 0 amide bonds. The van der Waals surface area contributed by atoms with Crippen LogP contribution in [-0.2, 0) is 0 Å². The van der Waals surface area contributed by atoms with Gasteiger partial charge in [0.05, 0.1) is 10.6 Å². The Morgan fingerprint density at radius 3 is 2.61 bits per heavy atom. The van der Waals surface area contributed by atoms with Gasteiger partial charge in [0.1, 0.15) is 17.3 Å². The van der Waals surface area contributed by atoms with Crippen molar-refractivity contribution in [3.63, 3.8) is 0 Å². The van der Waals surface area contributed by atoms with Crippen molar-refractivity contribution in [2.45, 2.75) is 13.0 Å². The third-order valence-electron chi connectivity index (χ3n) is 2.46. The van der Waals surface area contributed by atoms with E-state index in [-0.39, 0.29) is 5.82 Å². The molecule has 0 saturated heterocycles. The molecule has 18 heavy (non-hydrogen) atoms. The summed E-state index contributed by atoms with van der Waals surface area (Å²) in [7, 11) is 0. The van der Waals surface area contributed by atoms with Crippen LogP contribution >= 0.6 is 15.9 Å². The Morgan fingerprint density at radius 1 is 1.22 bits per heavy atom. The highest BCUT2D eigenvalue weighted by Gasteiger charge is 2.07. The summed E-state index contributed by atoms with van der Waals surface area (Å²) in [4.78, 5) is 0. The molecule has 4 heteroatoms. The van der Waals surface area contributed by atoms with Gasteiger partial charge in [-0.2, -0.15) is 0 Å². The van der Waals surface area contributed by atoms with Gasteiger partial charge >= 0.3 is 0 Å². The van der Waals surface area contributed by atoms with Crippen LogP contribution in [0.4, 0.5) is 4.39 Å². The average molecular weight is 311 g/mol. The largest absolute Gasteiger partial charge is 0.456 e. The Labute approximate surface area is 113 Å². The highest BCUT2D eigenvalue weighted by atomic mass is 79.9. The summed E-state index contributed by atoms with van der Waals surface area (Å²) < 4.78 is 19.3. The van der Waals surface area contributed by atoms with Crippen molar-refractivity contribution in [3.05, 3.63) is 58.3 Å². The van der Waals surface area contributed by atoms with E-state index in [1.165, 1.54) is 12.1 Å². The number of halogens is 2. The number of hydrogen-bond acceptors (Lipinski definition) is 2. The molecule has 2 rings (SSSR count). The van der Waals surface area contributed by atoms with E-state index in [4.69, 9.17) is 4.74 Å². The SMILES string of the molecule is CC(O)c1ccc(Oc2cccc(F)c2)c(Br)c1. The van der Waals surface area contributed by atoms with E-state index < -0.39 is 6.10 Å². The number of benzene rings is 2. The van der Waals surface area contributed by atoms with E-state index >= 15 is 0 Å². The lowest BCUT2D eigenvalue weighted by Crippen LogP contribution is -1.92. The Kier molecular flexibility index (Phi) is 3.99. The first kappa shape index (κ1) is 13.1. The summed E-state index contributed by atoms with van der Waals surface area (Å²) >= 11 is 3.36. The summed E-state index contributed by atoms with van der Waals surface area (Å²) in [5.41, 5.74) is 0.786. The van der Waals surface area contributed by atoms with Gasteiger partial charge in [-0.3, -0.25) is 0 Å². The van der Waals surface area contributed by atoms with Gasteiger partial charge in [-0.05, 0) is 52.7 Å². The molecular formula is C14H12BrFO2.